The summed E-state index contributed by atoms with van der Waals surface area (Å²) >= 11 is 0. The molecular formula is C16H21ClF3N3O2. The zero-order chi connectivity index (χ0) is 18.1. The molecule has 0 heterocycles. The third kappa shape index (κ3) is 5.34. The van der Waals surface area contributed by atoms with Gasteiger partial charge in [0.15, 0.2) is 0 Å². The number of anilines is 1. The number of alkyl halides is 3. The third-order valence-corrected chi connectivity index (χ3v) is 4.14. The van der Waals surface area contributed by atoms with E-state index in [1.54, 1.807) is 6.92 Å². The van der Waals surface area contributed by atoms with E-state index in [2.05, 4.69) is 10.6 Å². The number of hydrogen-bond donors (Lipinski definition) is 3. The standard InChI is InChI=1S/C16H20F3N3O2.ClH/c1-9(23)21-13-6-10(5-12(7-13)16(17,18)19)14(24)22-15(2,8-20)11-3-4-11;/h5-7,11H,3-4,8,20H2,1-2H3,(H,21,23)(H,22,24);1H. The molecule has 0 spiro atoms. The summed E-state index contributed by atoms with van der Waals surface area (Å²) in [6.07, 6.45) is -2.78. The van der Waals surface area contributed by atoms with E-state index in [9.17, 15) is 22.8 Å². The Hall–Kier alpha value is -1.80. The van der Waals surface area contributed by atoms with E-state index in [1.807, 2.05) is 0 Å². The number of halogens is 4. The van der Waals surface area contributed by atoms with Gasteiger partial charge in [-0.1, -0.05) is 0 Å². The zero-order valence-corrected chi connectivity index (χ0v) is 14.7. The predicted molar refractivity (Wildman–Crippen MR) is 90.6 cm³/mol. The molecule has 1 saturated carbocycles. The van der Waals surface area contributed by atoms with Crippen LogP contribution in [0.15, 0.2) is 18.2 Å². The lowest BCUT2D eigenvalue weighted by atomic mass is 9.95. The maximum absolute atomic E-state index is 13.0. The lowest BCUT2D eigenvalue weighted by Crippen LogP contribution is -2.53. The van der Waals surface area contributed by atoms with Gasteiger partial charge in [0.25, 0.3) is 5.91 Å². The maximum atomic E-state index is 13.0. The second kappa shape index (κ2) is 7.61. The molecule has 140 valence electrons. The Bertz CT molecular complexity index is 663. The van der Waals surface area contributed by atoms with Gasteiger partial charge in [0.2, 0.25) is 5.91 Å². The summed E-state index contributed by atoms with van der Waals surface area (Å²) < 4.78 is 39.1. The van der Waals surface area contributed by atoms with E-state index >= 15 is 0 Å². The zero-order valence-electron chi connectivity index (χ0n) is 13.9. The summed E-state index contributed by atoms with van der Waals surface area (Å²) in [6.45, 7) is 3.16. The minimum Gasteiger partial charge on any atom is -0.345 e. The predicted octanol–water partition coefficient (Wildman–Crippen LogP) is 2.94. The molecule has 1 atom stereocenters. The Kier molecular flexibility index (Phi) is 6.47. The molecule has 1 aliphatic carbocycles. The van der Waals surface area contributed by atoms with E-state index in [0.717, 1.165) is 25.0 Å². The van der Waals surface area contributed by atoms with Gasteiger partial charge in [0, 0.05) is 24.7 Å². The van der Waals surface area contributed by atoms with Gasteiger partial charge in [-0.3, -0.25) is 9.59 Å². The molecular weight excluding hydrogens is 359 g/mol. The highest BCUT2D eigenvalue weighted by molar-refractivity contribution is 5.97. The van der Waals surface area contributed by atoms with Crippen molar-refractivity contribution in [3.05, 3.63) is 29.3 Å². The molecule has 4 N–H and O–H groups in total. The summed E-state index contributed by atoms with van der Waals surface area (Å²) in [6, 6.07) is 2.78. The van der Waals surface area contributed by atoms with Crippen LogP contribution >= 0.6 is 12.4 Å². The molecule has 2 rings (SSSR count). The van der Waals surface area contributed by atoms with E-state index < -0.39 is 29.1 Å². The van der Waals surface area contributed by atoms with Gasteiger partial charge in [-0.15, -0.1) is 12.4 Å². The van der Waals surface area contributed by atoms with Crippen molar-refractivity contribution in [3.8, 4) is 0 Å². The number of nitrogens with one attached hydrogen (secondary N) is 2. The van der Waals surface area contributed by atoms with Crippen molar-refractivity contribution in [2.75, 3.05) is 11.9 Å². The SMILES string of the molecule is CC(=O)Nc1cc(C(=O)NC(C)(CN)C2CC2)cc(C(F)(F)F)c1.Cl. The minimum atomic E-state index is -4.63. The first kappa shape index (κ1) is 21.2. The van der Waals surface area contributed by atoms with Crippen LogP contribution in [-0.4, -0.2) is 23.9 Å². The van der Waals surface area contributed by atoms with Gasteiger partial charge in [0.05, 0.1) is 11.1 Å². The Morgan fingerprint density at radius 3 is 2.28 bits per heavy atom. The second-order valence-electron chi connectivity index (χ2n) is 6.33. The van der Waals surface area contributed by atoms with Gasteiger partial charge in [-0.2, -0.15) is 13.2 Å². The highest BCUT2D eigenvalue weighted by atomic mass is 35.5. The van der Waals surface area contributed by atoms with E-state index in [4.69, 9.17) is 5.73 Å². The first-order valence-electron chi connectivity index (χ1n) is 7.57. The molecule has 0 aliphatic heterocycles. The monoisotopic (exact) mass is 379 g/mol. The first-order valence-corrected chi connectivity index (χ1v) is 7.57. The fraction of sp³-hybridized carbons (Fsp3) is 0.500. The number of hydrogen-bond acceptors (Lipinski definition) is 3. The van der Waals surface area contributed by atoms with Gasteiger partial charge in [-0.05, 0) is 43.9 Å². The fourth-order valence-corrected chi connectivity index (χ4v) is 2.57. The lowest BCUT2D eigenvalue weighted by Gasteiger charge is -2.29. The van der Waals surface area contributed by atoms with Crippen molar-refractivity contribution in [2.24, 2.45) is 11.7 Å². The fourth-order valence-electron chi connectivity index (χ4n) is 2.57. The van der Waals surface area contributed by atoms with Gasteiger partial charge < -0.3 is 16.4 Å². The van der Waals surface area contributed by atoms with Crippen molar-refractivity contribution in [3.63, 3.8) is 0 Å². The van der Waals surface area contributed by atoms with E-state index in [-0.39, 0.29) is 36.1 Å². The first-order chi connectivity index (χ1) is 11.0. The molecule has 0 saturated heterocycles. The van der Waals surface area contributed by atoms with Crippen LogP contribution in [-0.2, 0) is 11.0 Å². The Morgan fingerprint density at radius 2 is 1.84 bits per heavy atom. The Balaban J connectivity index is 0.00000312. The lowest BCUT2D eigenvalue weighted by molar-refractivity contribution is -0.137. The molecule has 9 heteroatoms. The molecule has 1 fully saturated rings. The Labute approximate surface area is 149 Å². The van der Waals surface area contributed by atoms with Crippen LogP contribution in [0.1, 0.15) is 42.6 Å². The molecule has 1 unspecified atom stereocenters. The highest BCUT2D eigenvalue weighted by Gasteiger charge is 2.42. The van der Waals surface area contributed by atoms with Crippen LogP contribution in [0, 0.1) is 5.92 Å². The van der Waals surface area contributed by atoms with Crippen molar-refractivity contribution in [1.82, 2.24) is 5.32 Å². The van der Waals surface area contributed by atoms with Gasteiger partial charge in [-0.25, -0.2) is 0 Å². The molecule has 1 aromatic carbocycles. The molecule has 5 nitrogen and oxygen atoms in total. The van der Waals surface area contributed by atoms with E-state index in [0.29, 0.717) is 0 Å². The average Bonchev–Trinajstić information content (AvgIpc) is 3.30. The summed E-state index contributed by atoms with van der Waals surface area (Å²) in [5.74, 6) is -0.940. The van der Waals surface area contributed by atoms with Gasteiger partial charge >= 0.3 is 6.18 Å². The van der Waals surface area contributed by atoms with Crippen molar-refractivity contribution >= 4 is 29.9 Å². The number of benzene rings is 1. The number of amides is 2. The molecule has 1 aliphatic rings. The Morgan fingerprint density at radius 1 is 1.24 bits per heavy atom. The van der Waals surface area contributed by atoms with Crippen LogP contribution in [0.4, 0.5) is 18.9 Å². The molecule has 0 aromatic heterocycles. The van der Waals surface area contributed by atoms with Crippen molar-refractivity contribution in [1.29, 1.82) is 0 Å². The minimum absolute atomic E-state index is 0. The van der Waals surface area contributed by atoms with Crippen LogP contribution in [0.3, 0.4) is 0 Å². The maximum Gasteiger partial charge on any atom is 0.416 e. The summed E-state index contributed by atoms with van der Waals surface area (Å²) in [7, 11) is 0. The number of carbonyl (C=O) groups excluding carboxylic acids is 2. The smallest absolute Gasteiger partial charge is 0.345 e. The van der Waals surface area contributed by atoms with Crippen LogP contribution in [0.2, 0.25) is 0 Å². The quantitative estimate of drug-likeness (QED) is 0.735. The largest absolute Gasteiger partial charge is 0.416 e. The summed E-state index contributed by atoms with van der Waals surface area (Å²) in [5, 5.41) is 5.02. The second-order valence-corrected chi connectivity index (χ2v) is 6.33. The van der Waals surface area contributed by atoms with Crippen LogP contribution < -0.4 is 16.4 Å². The highest BCUT2D eigenvalue weighted by Crippen LogP contribution is 2.39. The topological polar surface area (TPSA) is 84.2 Å². The van der Waals surface area contributed by atoms with Crippen molar-refractivity contribution < 1.29 is 22.8 Å². The number of carbonyl (C=O) groups is 2. The molecule has 1 aromatic rings. The third-order valence-electron chi connectivity index (χ3n) is 4.14. The number of nitrogens with two attached hydrogens (primary N) is 1. The van der Waals surface area contributed by atoms with Crippen molar-refractivity contribution in [2.45, 2.75) is 38.4 Å². The normalized spacial score (nSPS) is 16.4. The van der Waals surface area contributed by atoms with Gasteiger partial charge in [0.1, 0.15) is 0 Å². The summed E-state index contributed by atoms with van der Waals surface area (Å²) in [4.78, 5) is 23.5. The van der Waals surface area contributed by atoms with E-state index in [1.165, 1.54) is 13.0 Å². The molecule has 0 radical (unpaired) electrons. The summed E-state index contributed by atoms with van der Waals surface area (Å²) in [5.41, 5.74) is 3.81. The average molecular weight is 380 g/mol. The number of rotatable bonds is 5. The van der Waals surface area contributed by atoms with Crippen LogP contribution in [0.25, 0.3) is 0 Å². The molecule has 25 heavy (non-hydrogen) atoms. The molecule has 2 amide bonds. The molecule has 0 bridgehead atoms. The van der Waals surface area contributed by atoms with Crippen LogP contribution in [0.5, 0.6) is 0 Å².